The summed E-state index contributed by atoms with van der Waals surface area (Å²) in [7, 11) is 0. The highest BCUT2D eigenvalue weighted by Crippen LogP contribution is 2.36. The molecule has 2 aromatic carbocycles. The number of carbonyl (C=O) groups is 2. The number of nitrogens with zero attached hydrogens (tertiary/aromatic N) is 1. The second kappa shape index (κ2) is 7.77. The van der Waals surface area contributed by atoms with Gasteiger partial charge in [0.25, 0.3) is 5.91 Å². The minimum absolute atomic E-state index is 0.00219. The molecule has 160 valence electrons. The quantitative estimate of drug-likeness (QED) is 0.466. The van der Waals surface area contributed by atoms with Gasteiger partial charge in [0.1, 0.15) is 0 Å². The Morgan fingerprint density at radius 2 is 1.43 bits per heavy atom. The molecule has 0 atom stereocenters. The Balaban J connectivity index is 1.97. The normalized spacial score (nSPS) is 14.8. The third-order valence-electron chi connectivity index (χ3n) is 4.97. The third-order valence-corrected chi connectivity index (χ3v) is 4.97. The van der Waals surface area contributed by atoms with E-state index in [9.17, 15) is 35.9 Å². The summed E-state index contributed by atoms with van der Waals surface area (Å²) in [6, 6.07) is 5.84. The fourth-order valence-electron chi connectivity index (χ4n) is 3.41. The number of amides is 1. The molecule has 0 radical (unpaired) electrons. The number of carbonyl (C=O) groups excluding carboxylic acids is 2. The minimum Gasteiger partial charge on any atom is -0.334 e. The van der Waals surface area contributed by atoms with Gasteiger partial charge in [-0.2, -0.15) is 26.3 Å². The molecule has 0 N–H and O–H groups in total. The van der Waals surface area contributed by atoms with Gasteiger partial charge in [0.05, 0.1) is 11.1 Å². The SMILES string of the molecule is CC(=O)c1ccc2c(c1)CCCN(C(=O)c1cc(C(F)(F)F)cc(C(F)(F)F)c1)C2. The Labute approximate surface area is 168 Å². The Kier molecular flexibility index (Phi) is 5.66. The molecule has 1 heterocycles. The maximum Gasteiger partial charge on any atom is 0.416 e. The minimum atomic E-state index is -5.02. The van der Waals surface area contributed by atoms with Gasteiger partial charge in [0.2, 0.25) is 0 Å². The van der Waals surface area contributed by atoms with Crippen LogP contribution in [0.3, 0.4) is 0 Å². The van der Waals surface area contributed by atoms with Crippen LogP contribution in [0.25, 0.3) is 0 Å². The Bertz CT molecular complexity index is 962. The molecule has 0 spiro atoms. The number of hydrogen-bond acceptors (Lipinski definition) is 2. The maximum atomic E-state index is 13.1. The van der Waals surface area contributed by atoms with Gasteiger partial charge in [0, 0.05) is 24.2 Å². The lowest BCUT2D eigenvalue weighted by molar-refractivity contribution is -0.143. The van der Waals surface area contributed by atoms with Crippen LogP contribution in [0.2, 0.25) is 0 Å². The van der Waals surface area contributed by atoms with Crippen molar-refractivity contribution < 1.29 is 35.9 Å². The fraction of sp³-hybridized carbons (Fsp3) is 0.333. The second-order valence-corrected chi connectivity index (χ2v) is 7.16. The van der Waals surface area contributed by atoms with Crippen LogP contribution >= 0.6 is 0 Å². The first-order chi connectivity index (χ1) is 13.9. The molecule has 3 nitrogen and oxygen atoms in total. The van der Waals surface area contributed by atoms with Gasteiger partial charge in [-0.1, -0.05) is 12.1 Å². The lowest BCUT2D eigenvalue weighted by atomic mass is 9.99. The van der Waals surface area contributed by atoms with Crippen LogP contribution in [0.1, 0.15) is 56.3 Å². The molecule has 2 aromatic rings. The lowest BCUT2D eigenvalue weighted by Gasteiger charge is -2.22. The smallest absolute Gasteiger partial charge is 0.334 e. The highest BCUT2D eigenvalue weighted by atomic mass is 19.4. The van der Waals surface area contributed by atoms with Gasteiger partial charge < -0.3 is 4.90 Å². The average Bonchev–Trinajstić information content (AvgIpc) is 2.87. The summed E-state index contributed by atoms with van der Waals surface area (Å²) in [5.41, 5.74) is -1.68. The zero-order valence-corrected chi connectivity index (χ0v) is 15.8. The molecule has 9 heteroatoms. The molecule has 0 fully saturated rings. The monoisotopic (exact) mass is 429 g/mol. The molecule has 30 heavy (non-hydrogen) atoms. The first-order valence-electron chi connectivity index (χ1n) is 9.08. The number of benzene rings is 2. The number of halogens is 6. The average molecular weight is 429 g/mol. The van der Waals surface area contributed by atoms with Crippen LogP contribution in [-0.2, 0) is 25.3 Å². The van der Waals surface area contributed by atoms with Gasteiger partial charge in [-0.25, -0.2) is 0 Å². The largest absolute Gasteiger partial charge is 0.416 e. The number of fused-ring (bicyclic) bond motifs is 1. The van der Waals surface area contributed by atoms with Gasteiger partial charge in [-0.05, 0) is 55.2 Å². The summed E-state index contributed by atoms with van der Waals surface area (Å²) in [5, 5.41) is 0. The van der Waals surface area contributed by atoms with Crippen LogP contribution < -0.4 is 0 Å². The first kappa shape index (κ1) is 21.9. The van der Waals surface area contributed by atoms with E-state index < -0.39 is 35.0 Å². The predicted molar refractivity (Wildman–Crippen MR) is 96.0 cm³/mol. The van der Waals surface area contributed by atoms with E-state index in [-0.39, 0.29) is 24.9 Å². The molecule has 0 saturated heterocycles. The molecular weight excluding hydrogens is 412 g/mol. The van der Waals surface area contributed by atoms with Gasteiger partial charge in [-0.15, -0.1) is 0 Å². The third kappa shape index (κ3) is 4.66. The number of alkyl halides is 6. The Morgan fingerprint density at radius 3 is 1.97 bits per heavy atom. The predicted octanol–water partition coefficient (Wildman–Crippen LogP) is 5.52. The Morgan fingerprint density at radius 1 is 0.833 bits per heavy atom. The van der Waals surface area contributed by atoms with Gasteiger partial charge in [-0.3, -0.25) is 9.59 Å². The van der Waals surface area contributed by atoms with Crippen molar-refractivity contribution in [3.63, 3.8) is 0 Å². The van der Waals surface area contributed by atoms with E-state index >= 15 is 0 Å². The molecule has 1 aliphatic rings. The van der Waals surface area contributed by atoms with Gasteiger partial charge in [0.15, 0.2) is 5.78 Å². The van der Waals surface area contributed by atoms with E-state index in [0.29, 0.717) is 36.1 Å². The molecule has 0 bridgehead atoms. The van der Waals surface area contributed by atoms with Crippen LogP contribution in [-0.4, -0.2) is 23.1 Å². The van der Waals surface area contributed by atoms with Crippen LogP contribution in [0.5, 0.6) is 0 Å². The lowest BCUT2D eigenvalue weighted by Crippen LogP contribution is -2.31. The molecule has 0 aromatic heterocycles. The summed E-state index contributed by atoms with van der Waals surface area (Å²) in [6.45, 7) is 1.62. The summed E-state index contributed by atoms with van der Waals surface area (Å²) in [5.74, 6) is -1.03. The number of Topliss-reactive ketones (excluding diaryl/α,β-unsaturated/α-hetero) is 1. The number of hydrogen-bond donors (Lipinski definition) is 0. The zero-order chi connectivity index (χ0) is 22.3. The summed E-state index contributed by atoms with van der Waals surface area (Å²) in [6.07, 6.45) is -9.04. The van der Waals surface area contributed by atoms with E-state index in [1.807, 2.05) is 0 Å². The van der Waals surface area contributed by atoms with Crippen molar-refractivity contribution in [2.24, 2.45) is 0 Å². The molecule has 3 rings (SSSR count). The topological polar surface area (TPSA) is 37.4 Å². The fourth-order valence-corrected chi connectivity index (χ4v) is 3.41. The van der Waals surface area contributed by atoms with Crippen molar-refractivity contribution >= 4 is 11.7 Å². The van der Waals surface area contributed by atoms with Crippen molar-refractivity contribution in [2.45, 2.75) is 38.7 Å². The Hall–Kier alpha value is -2.84. The maximum absolute atomic E-state index is 13.1. The van der Waals surface area contributed by atoms with Crippen molar-refractivity contribution in [3.05, 3.63) is 69.8 Å². The standard InChI is InChI=1S/C21H17F6NO2/c1-12(29)13-4-5-15-11-28(6-2-3-14(15)7-13)19(30)16-8-17(20(22,23)24)10-18(9-16)21(25,26)27/h4-5,7-10H,2-3,6,11H2,1H3. The van der Waals surface area contributed by atoms with E-state index in [1.54, 1.807) is 18.2 Å². The van der Waals surface area contributed by atoms with E-state index in [1.165, 1.54) is 11.8 Å². The number of aryl methyl sites for hydroxylation is 1. The van der Waals surface area contributed by atoms with E-state index in [4.69, 9.17) is 0 Å². The second-order valence-electron chi connectivity index (χ2n) is 7.16. The molecule has 0 saturated carbocycles. The van der Waals surface area contributed by atoms with E-state index in [0.717, 1.165) is 5.56 Å². The molecular formula is C21H17F6NO2. The van der Waals surface area contributed by atoms with Crippen LogP contribution in [0, 0.1) is 0 Å². The van der Waals surface area contributed by atoms with Crippen molar-refractivity contribution in [3.8, 4) is 0 Å². The summed E-state index contributed by atoms with van der Waals surface area (Å²) < 4.78 is 78.5. The highest BCUT2D eigenvalue weighted by Gasteiger charge is 2.38. The van der Waals surface area contributed by atoms with E-state index in [2.05, 4.69) is 0 Å². The van der Waals surface area contributed by atoms with Crippen LogP contribution in [0.4, 0.5) is 26.3 Å². The first-order valence-corrected chi connectivity index (χ1v) is 9.08. The molecule has 0 unspecified atom stereocenters. The summed E-state index contributed by atoms with van der Waals surface area (Å²) >= 11 is 0. The molecule has 0 aliphatic carbocycles. The summed E-state index contributed by atoms with van der Waals surface area (Å²) in [4.78, 5) is 25.6. The van der Waals surface area contributed by atoms with Crippen molar-refractivity contribution in [1.82, 2.24) is 4.90 Å². The number of ketones is 1. The number of rotatable bonds is 2. The zero-order valence-electron chi connectivity index (χ0n) is 15.8. The van der Waals surface area contributed by atoms with Crippen LogP contribution in [0.15, 0.2) is 36.4 Å². The van der Waals surface area contributed by atoms with Crippen molar-refractivity contribution in [1.29, 1.82) is 0 Å². The highest BCUT2D eigenvalue weighted by molar-refractivity contribution is 5.95. The molecule has 1 aliphatic heterocycles. The molecule has 1 amide bonds. The van der Waals surface area contributed by atoms with Crippen molar-refractivity contribution in [2.75, 3.05) is 6.54 Å². The van der Waals surface area contributed by atoms with Gasteiger partial charge >= 0.3 is 12.4 Å².